The highest BCUT2D eigenvalue weighted by Crippen LogP contribution is 2.13. The summed E-state index contributed by atoms with van der Waals surface area (Å²) in [5, 5.41) is 0. The number of pyridine rings is 1. The van der Waals surface area contributed by atoms with Crippen LogP contribution in [0.5, 0.6) is 0 Å². The van der Waals surface area contributed by atoms with Gasteiger partial charge in [0.15, 0.2) is 0 Å². The maximum absolute atomic E-state index is 5.90. The monoisotopic (exact) mass is 205 g/mol. The van der Waals surface area contributed by atoms with Gasteiger partial charge in [-0.2, -0.15) is 0 Å². The lowest BCUT2D eigenvalue weighted by Gasteiger charge is -2.04. The highest BCUT2D eigenvalue weighted by atomic mass is 16.5. The Kier molecular flexibility index (Phi) is 2.87. The van der Waals surface area contributed by atoms with Gasteiger partial charge in [-0.3, -0.25) is 4.40 Å². The lowest BCUT2D eigenvalue weighted by molar-refractivity contribution is 0.194. The molecule has 80 valence electrons. The number of ether oxygens (including phenoxy) is 1. The lowest BCUT2D eigenvalue weighted by atomic mass is 10.3. The number of aryl methyl sites for hydroxylation is 1. The van der Waals surface area contributed by atoms with Crippen LogP contribution in [-0.2, 0) is 11.2 Å². The number of imidazole rings is 1. The highest BCUT2D eigenvalue weighted by Gasteiger charge is 2.04. The van der Waals surface area contributed by atoms with Crippen LogP contribution >= 0.6 is 0 Å². The number of rotatable bonds is 4. The summed E-state index contributed by atoms with van der Waals surface area (Å²) >= 11 is 0. The standard InChI is InChI=1S/C11H15N3O/c1-15-7-3-6-11-13-8-9-4-2-5-10(12)14(9)11/h2,4-5,8H,3,6-7,12H2,1H3. The zero-order valence-electron chi connectivity index (χ0n) is 8.81. The first-order chi connectivity index (χ1) is 7.33. The first kappa shape index (κ1) is 9.98. The van der Waals surface area contributed by atoms with E-state index in [2.05, 4.69) is 4.98 Å². The van der Waals surface area contributed by atoms with E-state index in [0.717, 1.165) is 36.6 Å². The molecule has 2 heterocycles. The van der Waals surface area contributed by atoms with Gasteiger partial charge in [-0.25, -0.2) is 4.98 Å². The molecule has 0 fully saturated rings. The second-order valence-corrected chi connectivity index (χ2v) is 3.48. The molecule has 0 radical (unpaired) electrons. The molecule has 2 aromatic rings. The van der Waals surface area contributed by atoms with Crippen LogP contribution in [0.25, 0.3) is 5.52 Å². The van der Waals surface area contributed by atoms with Crippen molar-refractivity contribution in [3.8, 4) is 0 Å². The van der Waals surface area contributed by atoms with Gasteiger partial charge in [-0.1, -0.05) is 6.07 Å². The third-order valence-electron chi connectivity index (χ3n) is 2.40. The van der Waals surface area contributed by atoms with Crippen LogP contribution in [-0.4, -0.2) is 23.1 Å². The van der Waals surface area contributed by atoms with Crippen LogP contribution in [0.15, 0.2) is 24.4 Å². The van der Waals surface area contributed by atoms with Crippen molar-refractivity contribution in [3.05, 3.63) is 30.2 Å². The van der Waals surface area contributed by atoms with E-state index in [-0.39, 0.29) is 0 Å². The summed E-state index contributed by atoms with van der Waals surface area (Å²) in [6, 6.07) is 5.82. The Hall–Kier alpha value is -1.55. The summed E-state index contributed by atoms with van der Waals surface area (Å²) in [4.78, 5) is 4.36. The molecule has 0 atom stereocenters. The average molecular weight is 205 g/mol. The molecule has 0 aliphatic heterocycles. The number of hydrogen-bond acceptors (Lipinski definition) is 3. The van der Waals surface area contributed by atoms with Crippen LogP contribution in [0.2, 0.25) is 0 Å². The zero-order chi connectivity index (χ0) is 10.7. The number of fused-ring (bicyclic) bond motifs is 1. The first-order valence-corrected chi connectivity index (χ1v) is 5.02. The first-order valence-electron chi connectivity index (χ1n) is 5.02. The third-order valence-corrected chi connectivity index (χ3v) is 2.40. The molecule has 0 spiro atoms. The summed E-state index contributed by atoms with van der Waals surface area (Å²) in [5.41, 5.74) is 6.94. The van der Waals surface area contributed by atoms with E-state index in [0.29, 0.717) is 0 Å². The zero-order valence-corrected chi connectivity index (χ0v) is 8.81. The van der Waals surface area contributed by atoms with Gasteiger partial charge in [0.2, 0.25) is 0 Å². The van der Waals surface area contributed by atoms with Crippen molar-refractivity contribution in [2.24, 2.45) is 0 Å². The van der Waals surface area contributed by atoms with Crippen molar-refractivity contribution in [1.29, 1.82) is 0 Å². The number of nitrogen functional groups attached to an aromatic ring is 1. The maximum Gasteiger partial charge on any atom is 0.114 e. The minimum atomic E-state index is 0.734. The SMILES string of the molecule is COCCCc1ncc2cccc(N)n12. The number of anilines is 1. The Bertz CT molecular complexity index is 450. The summed E-state index contributed by atoms with van der Waals surface area (Å²) < 4.78 is 7.00. The van der Waals surface area contributed by atoms with E-state index in [1.807, 2.05) is 28.8 Å². The van der Waals surface area contributed by atoms with Crippen molar-refractivity contribution in [3.63, 3.8) is 0 Å². The predicted molar refractivity (Wildman–Crippen MR) is 59.8 cm³/mol. The quantitative estimate of drug-likeness (QED) is 0.769. The topological polar surface area (TPSA) is 52.5 Å². The van der Waals surface area contributed by atoms with Crippen molar-refractivity contribution in [1.82, 2.24) is 9.38 Å². The van der Waals surface area contributed by atoms with E-state index in [1.165, 1.54) is 0 Å². The Morgan fingerprint density at radius 3 is 3.13 bits per heavy atom. The Morgan fingerprint density at radius 1 is 1.47 bits per heavy atom. The second-order valence-electron chi connectivity index (χ2n) is 3.48. The second kappa shape index (κ2) is 4.31. The smallest absolute Gasteiger partial charge is 0.114 e. The third kappa shape index (κ3) is 1.94. The molecule has 0 aliphatic carbocycles. The van der Waals surface area contributed by atoms with Gasteiger partial charge in [-0.05, 0) is 18.6 Å². The van der Waals surface area contributed by atoms with E-state index in [9.17, 15) is 0 Å². The van der Waals surface area contributed by atoms with Crippen molar-refractivity contribution < 1.29 is 4.74 Å². The summed E-state index contributed by atoms with van der Waals surface area (Å²) in [5.74, 6) is 1.73. The fraction of sp³-hybridized carbons (Fsp3) is 0.364. The molecule has 2 rings (SSSR count). The molecular formula is C11H15N3O. The normalized spacial score (nSPS) is 11.0. The Morgan fingerprint density at radius 2 is 2.33 bits per heavy atom. The van der Waals surface area contributed by atoms with Gasteiger partial charge >= 0.3 is 0 Å². The van der Waals surface area contributed by atoms with Gasteiger partial charge in [0, 0.05) is 20.1 Å². The predicted octanol–water partition coefficient (Wildman–Crippen LogP) is 1.50. The van der Waals surface area contributed by atoms with E-state index >= 15 is 0 Å². The van der Waals surface area contributed by atoms with Gasteiger partial charge in [0.25, 0.3) is 0 Å². The average Bonchev–Trinajstić information content (AvgIpc) is 2.63. The number of nitrogens with two attached hydrogens (primary N) is 1. The van der Waals surface area contributed by atoms with E-state index < -0.39 is 0 Å². The Labute approximate surface area is 88.7 Å². The highest BCUT2D eigenvalue weighted by molar-refractivity contribution is 5.53. The molecule has 2 aromatic heterocycles. The van der Waals surface area contributed by atoms with Gasteiger partial charge in [0.05, 0.1) is 11.7 Å². The molecule has 4 nitrogen and oxygen atoms in total. The molecule has 0 bridgehead atoms. The molecule has 2 N–H and O–H groups in total. The van der Waals surface area contributed by atoms with Crippen molar-refractivity contribution in [2.75, 3.05) is 19.5 Å². The van der Waals surface area contributed by atoms with Gasteiger partial charge in [-0.15, -0.1) is 0 Å². The number of hydrogen-bond donors (Lipinski definition) is 1. The summed E-state index contributed by atoms with van der Waals surface area (Å²) in [6.07, 6.45) is 3.69. The minimum absolute atomic E-state index is 0.734. The van der Waals surface area contributed by atoms with Crippen LogP contribution in [0.1, 0.15) is 12.2 Å². The van der Waals surface area contributed by atoms with Crippen molar-refractivity contribution in [2.45, 2.75) is 12.8 Å². The van der Waals surface area contributed by atoms with Crippen LogP contribution in [0.4, 0.5) is 5.82 Å². The molecule has 0 unspecified atom stereocenters. The molecule has 0 aliphatic rings. The van der Waals surface area contributed by atoms with Gasteiger partial charge in [0.1, 0.15) is 11.6 Å². The molecule has 4 heteroatoms. The van der Waals surface area contributed by atoms with E-state index in [4.69, 9.17) is 10.5 Å². The number of nitrogens with zero attached hydrogens (tertiary/aromatic N) is 2. The molecule has 0 aromatic carbocycles. The van der Waals surface area contributed by atoms with E-state index in [1.54, 1.807) is 7.11 Å². The van der Waals surface area contributed by atoms with Crippen LogP contribution in [0.3, 0.4) is 0 Å². The summed E-state index contributed by atoms with van der Waals surface area (Å²) in [6.45, 7) is 0.752. The molecule has 0 saturated carbocycles. The summed E-state index contributed by atoms with van der Waals surface area (Å²) in [7, 11) is 1.71. The lowest BCUT2D eigenvalue weighted by Crippen LogP contribution is -2.02. The van der Waals surface area contributed by atoms with Crippen LogP contribution in [0, 0.1) is 0 Å². The molecule has 0 amide bonds. The minimum Gasteiger partial charge on any atom is -0.385 e. The molecular weight excluding hydrogens is 190 g/mol. The maximum atomic E-state index is 5.90. The van der Waals surface area contributed by atoms with Crippen LogP contribution < -0.4 is 5.73 Å². The fourth-order valence-electron chi connectivity index (χ4n) is 1.69. The van der Waals surface area contributed by atoms with Crippen molar-refractivity contribution >= 4 is 11.3 Å². The fourth-order valence-corrected chi connectivity index (χ4v) is 1.69. The number of aromatic nitrogens is 2. The molecule has 15 heavy (non-hydrogen) atoms. The largest absolute Gasteiger partial charge is 0.385 e. The Balaban J connectivity index is 2.27. The molecule has 0 saturated heterocycles. The van der Waals surface area contributed by atoms with Gasteiger partial charge < -0.3 is 10.5 Å². The number of methoxy groups -OCH3 is 1.